The zero-order chi connectivity index (χ0) is 15.6. The molecule has 110 valence electrons. The summed E-state index contributed by atoms with van der Waals surface area (Å²) in [6.07, 6.45) is 1.21. The van der Waals surface area contributed by atoms with Gasteiger partial charge in [-0.1, -0.05) is 18.2 Å². The maximum Gasteiger partial charge on any atom is 0.341 e. The second-order valence-corrected chi connectivity index (χ2v) is 5.02. The predicted octanol–water partition coefficient (Wildman–Crippen LogP) is 2.47. The molecule has 0 aliphatic heterocycles. The molecule has 0 aliphatic carbocycles. The zero-order valence-electron chi connectivity index (χ0n) is 12.1. The largest absolute Gasteiger partial charge is 0.477 e. The van der Waals surface area contributed by atoms with Gasteiger partial charge >= 0.3 is 5.97 Å². The molecule has 0 unspecified atom stereocenters. The minimum absolute atomic E-state index is 0.0226. The van der Waals surface area contributed by atoms with Crippen molar-refractivity contribution in [3.05, 3.63) is 47.2 Å². The molecular weight excluding hydrogens is 270 g/mol. The molecule has 0 aliphatic rings. The van der Waals surface area contributed by atoms with Gasteiger partial charge in [0.1, 0.15) is 11.4 Å². The van der Waals surface area contributed by atoms with Gasteiger partial charge in [0.2, 0.25) is 0 Å². The van der Waals surface area contributed by atoms with E-state index in [4.69, 9.17) is 0 Å². The third-order valence-corrected chi connectivity index (χ3v) is 3.20. The van der Waals surface area contributed by atoms with Gasteiger partial charge in [-0.2, -0.15) is 5.10 Å². The summed E-state index contributed by atoms with van der Waals surface area (Å²) in [7, 11) is 0. The Morgan fingerprint density at radius 1 is 1.24 bits per heavy atom. The van der Waals surface area contributed by atoms with Crippen molar-refractivity contribution < 1.29 is 14.7 Å². The van der Waals surface area contributed by atoms with Crippen molar-refractivity contribution in [2.45, 2.75) is 26.8 Å². The first-order valence-electron chi connectivity index (χ1n) is 6.59. The smallest absolute Gasteiger partial charge is 0.341 e. The molecule has 0 saturated carbocycles. The quantitative estimate of drug-likeness (QED) is 0.904. The van der Waals surface area contributed by atoms with E-state index in [1.807, 2.05) is 32.9 Å². The van der Waals surface area contributed by atoms with E-state index in [1.54, 1.807) is 12.1 Å². The number of amides is 1. The fourth-order valence-electron chi connectivity index (χ4n) is 2.16. The number of carboxylic acids is 1. The molecule has 6 heteroatoms. The van der Waals surface area contributed by atoms with Crippen LogP contribution in [0.25, 0.3) is 0 Å². The van der Waals surface area contributed by atoms with Crippen LogP contribution < -0.4 is 4.90 Å². The first-order valence-corrected chi connectivity index (χ1v) is 6.59. The van der Waals surface area contributed by atoms with Crippen LogP contribution >= 0.6 is 0 Å². The van der Waals surface area contributed by atoms with Crippen molar-refractivity contribution in [3.8, 4) is 0 Å². The molecule has 0 atom stereocenters. The fourth-order valence-corrected chi connectivity index (χ4v) is 2.16. The molecule has 0 spiro atoms. The highest BCUT2D eigenvalue weighted by molar-refractivity contribution is 6.09. The number of H-pyrrole nitrogens is 1. The standard InChI is InChI=1S/C15H17N3O3/c1-9(2)18(13-12(15(20)21)8-16-17-13)14(19)11-7-5-4-6-10(11)3/h4-9H,1-3H3,(H,16,17)(H,20,21). The molecule has 0 bridgehead atoms. The van der Waals surface area contributed by atoms with Gasteiger partial charge in [0.05, 0.1) is 6.20 Å². The Bertz CT molecular complexity index is 676. The lowest BCUT2D eigenvalue weighted by atomic mass is 10.1. The van der Waals surface area contributed by atoms with Crippen LogP contribution in [0.3, 0.4) is 0 Å². The van der Waals surface area contributed by atoms with Crippen LogP contribution in [0, 0.1) is 6.92 Å². The van der Waals surface area contributed by atoms with E-state index in [9.17, 15) is 14.7 Å². The van der Waals surface area contributed by atoms with E-state index < -0.39 is 5.97 Å². The summed E-state index contributed by atoms with van der Waals surface area (Å²) in [6.45, 7) is 5.49. The summed E-state index contributed by atoms with van der Waals surface area (Å²) in [5.41, 5.74) is 1.35. The molecule has 1 heterocycles. The van der Waals surface area contributed by atoms with E-state index in [-0.39, 0.29) is 23.3 Å². The molecule has 1 amide bonds. The maximum atomic E-state index is 12.8. The van der Waals surface area contributed by atoms with Crippen molar-refractivity contribution in [1.29, 1.82) is 0 Å². The number of nitrogens with zero attached hydrogens (tertiary/aromatic N) is 2. The van der Waals surface area contributed by atoms with Gasteiger partial charge in [0.15, 0.2) is 0 Å². The Kier molecular flexibility index (Phi) is 4.07. The van der Waals surface area contributed by atoms with Crippen molar-refractivity contribution in [2.75, 3.05) is 4.90 Å². The Balaban J connectivity index is 2.50. The number of anilines is 1. The molecule has 6 nitrogen and oxygen atoms in total. The first-order chi connectivity index (χ1) is 9.93. The van der Waals surface area contributed by atoms with Gasteiger partial charge in [-0.15, -0.1) is 0 Å². The SMILES string of the molecule is Cc1ccccc1C(=O)N(c1[nH]ncc1C(=O)O)C(C)C. The van der Waals surface area contributed by atoms with Gasteiger partial charge in [-0.05, 0) is 32.4 Å². The van der Waals surface area contributed by atoms with Crippen molar-refractivity contribution in [2.24, 2.45) is 0 Å². The van der Waals surface area contributed by atoms with E-state index in [0.717, 1.165) is 5.56 Å². The lowest BCUT2D eigenvalue weighted by molar-refractivity contribution is 0.0697. The van der Waals surface area contributed by atoms with Gasteiger partial charge in [0.25, 0.3) is 5.91 Å². The van der Waals surface area contributed by atoms with Crippen LogP contribution in [0.2, 0.25) is 0 Å². The number of nitrogens with one attached hydrogen (secondary N) is 1. The molecule has 2 N–H and O–H groups in total. The van der Waals surface area contributed by atoms with Gasteiger partial charge in [-0.25, -0.2) is 4.79 Å². The van der Waals surface area contributed by atoms with Crippen LogP contribution in [0.1, 0.15) is 40.1 Å². The molecule has 1 aromatic heterocycles. The van der Waals surface area contributed by atoms with Crippen molar-refractivity contribution in [3.63, 3.8) is 0 Å². The number of aromatic carboxylic acids is 1. The normalized spacial score (nSPS) is 10.7. The third-order valence-electron chi connectivity index (χ3n) is 3.20. The van der Waals surface area contributed by atoms with Gasteiger partial charge in [0, 0.05) is 11.6 Å². The molecule has 1 aromatic carbocycles. The Morgan fingerprint density at radius 3 is 2.48 bits per heavy atom. The number of rotatable bonds is 4. The first kappa shape index (κ1) is 14.8. The molecule has 2 aromatic rings. The topological polar surface area (TPSA) is 86.3 Å². The van der Waals surface area contributed by atoms with Crippen molar-refractivity contribution >= 4 is 17.7 Å². The lowest BCUT2D eigenvalue weighted by Crippen LogP contribution is -2.38. The number of carbonyl (C=O) groups excluding carboxylic acids is 1. The zero-order valence-corrected chi connectivity index (χ0v) is 12.1. The monoisotopic (exact) mass is 287 g/mol. The molecule has 2 rings (SSSR count). The highest BCUT2D eigenvalue weighted by Gasteiger charge is 2.27. The van der Waals surface area contributed by atoms with Crippen LogP contribution in [0.4, 0.5) is 5.82 Å². The number of carbonyl (C=O) groups is 2. The predicted molar refractivity (Wildman–Crippen MR) is 78.7 cm³/mol. The summed E-state index contributed by atoms with van der Waals surface area (Å²) in [4.78, 5) is 25.4. The lowest BCUT2D eigenvalue weighted by Gasteiger charge is -2.26. The van der Waals surface area contributed by atoms with Gasteiger partial charge < -0.3 is 5.11 Å². The minimum atomic E-state index is -1.12. The Labute approximate surface area is 122 Å². The number of aryl methyl sites for hydroxylation is 1. The van der Waals surface area contributed by atoms with E-state index in [2.05, 4.69) is 10.2 Å². The number of aromatic amines is 1. The number of carboxylic acid groups (broad SMARTS) is 1. The van der Waals surface area contributed by atoms with E-state index in [1.165, 1.54) is 11.1 Å². The molecular formula is C15H17N3O3. The fraction of sp³-hybridized carbons (Fsp3) is 0.267. The second-order valence-electron chi connectivity index (χ2n) is 5.02. The summed E-state index contributed by atoms with van der Waals surface area (Å²) >= 11 is 0. The Hall–Kier alpha value is -2.63. The summed E-state index contributed by atoms with van der Waals surface area (Å²) < 4.78 is 0. The summed E-state index contributed by atoms with van der Waals surface area (Å²) in [5, 5.41) is 15.6. The van der Waals surface area contributed by atoms with E-state index >= 15 is 0 Å². The number of aromatic nitrogens is 2. The molecule has 21 heavy (non-hydrogen) atoms. The van der Waals surface area contributed by atoms with Crippen LogP contribution in [0.5, 0.6) is 0 Å². The third kappa shape index (κ3) is 2.79. The minimum Gasteiger partial charge on any atom is -0.477 e. The average molecular weight is 287 g/mol. The van der Waals surface area contributed by atoms with Gasteiger partial charge in [-0.3, -0.25) is 14.8 Å². The molecule has 0 saturated heterocycles. The number of hydrogen-bond donors (Lipinski definition) is 2. The van der Waals surface area contributed by atoms with Crippen LogP contribution in [-0.2, 0) is 0 Å². The van der Waals surface area contributed by atoms with Crippen LogP contribution in [0.15, 0.2) is 30.5 Å². The second kappa shape index (κ2) is 5.78. The Morgan fingerprint density at radius 2 is 1.90 bits per heavy atom. The summed E-state index contributed by atoms with van der Waals surface area (Å²) in [6, 6.07) is 6.99. The maximum absolute atomic E-state index is 12.8. The highest BCUT2D eigenvalue weighted by Crippen LogP contribution is 2.23. The molecule has 0 radical (unpaired) electrons. The highest BCUT2D eigenvalue weighted by atomic mass is 16.4. The van der Waals surface area contributed by atoms with E-state index in [0.29, 0.717) is 5.56 Å². The van der Waals surface area contributed by atoms with Crippen molar-refractivity contribution in [1.82, 2.24) is 10.2 Å². The number of benzene rings is 1. The average Bonchev–Trinajstić information content (AvgIpc) is 2.88. The molecule has 0 fully saturated rings. The van der Waals surface area contributed by atoms with Crippen LogP contribution in [-0.4, -0.2) is 33.2 Å². The summed E-state index contributed by atoms with van der Waals surface area (Å²) in [5.74, 6) is -1.18. The number of hydrogen-bond acceptors (Lipinski definition) is 3.